The van der Waals surface area contributed by atoms with E-state index in [0.29, 0.717) is 5.25 Å². The minimum absolute atomic E-state index is 0.240. The van der Waals surface area contributed by atoms with Crippen LogP contribution in [0.2, 0.25) is 0 Å². The molecule has 52 valence electrons. The summed E-state index contributed by atoms with van der Waals surface area (Å²) < 4.78 is 0. The van der Waals surface area contributed by atoms with Crippen molar-refractivity contribution in [2.45, 2.75) is 18.6 Å². The fraction of sp³-hybridized carbons (Fsp3) is 0.833. The van der Waals surface area contributed by atoms with Gasteiger partial charge in [-0.1, -0.05) is 11.8 Å². The normalized spacial score (nSPS) is 26.6. The van der Waals surface area contributed by atoms with Gasteiger partial charge in [-0.3, -0.25) is 4.79 Å². The molecule has 1 heterocycles. The van der Waals surface area contributed by atoms with Gasteiger partial charge in [-0.05, 0) is 13.0 Å². The molecule has 0 spiro atoms. The third-order valence-corrected chi connectivity index (χ3v) is 2.42. The standard InChI is InChI=1S/C6H11NOS/c1-5(8)9-6-2-3-7-4-6/h6-7H,2-4H2,1H3/t6-/m1/s1. The SMILES string of the molecule is CC(=O)S[C@@H]1CCNC1. The lowest BCUT2D eigenvalue weighted by Crippen LogP contribution is -2.11. The van der Waals surface area contributed by atoms with Crippen molar-refractivity contribution in [1.82, 2.24) is 5.32 Å². The van der Waals surface area contributed by atoms with E-state index in [1.54, 1.807) is 6.92 Å². The zero-order valence-corrected chi connectivity index (χ0v) is 6.33. The van der Waals surface area contributed by atoms with Crippen molar-refractivity contribution in [3.8, 4) is 0 Å². The maximum absolute atomic E-state index is 10.5. The number of carbonyl (C=O) groups excluding carboxylic acids is 1. The van der Waals surface area contributed by atoms with E-state index in [9.17, 15) is 4.79 Å². The summed E-state index contributed by atoms with van der Waals surface area (Å²) in [5.41, 5.74) is 0. The van der Waals surface area contributed by atoms with E-state index in [1.807, 2.05) is 0 Å². The van der Waals surface area contributed by atoms with Crippen molar-refractivity contribution in [3.05, 3.63) is 0 Å². The Morgan fingerprint density at radius 3 is 3.00 bits per heavy atom. The van der Waals surface area contributed by atoms with Crippen LogP contribution in [0.5, 0.6) is 0 Å². The molecule has 1 saturated heterocycles. The second-order valence-corrected chi connectivity index (χ2v) is 3.70. The molecule has 1 aliphatic heterocycles. The van der Waals surface area contributed by atoms with Crippen LogP contribution in [0.15, 0.2) is 0 Å². The van der Waals surface area contributed by atoms with Crippen LogP contribution in [0.4, 0.5) is 0 Å². The minimum atomic E-state index is 0.240. The molecule has 0 saturated carbocycles. The predicted molar refractivity (Wildman–Crippen MR) is 39.5 cm³/mol. The van der Waals surface area contributed by atoms with Gasteiger partial charge in [-0.15, -0.1) is 0 Å². The topological polar surface area (TPSA) is 29.1 Å². The Morgan fingerprint density at radius 2 is 2.56 bits per heavy atom. The van der Waals surface area contributed by atoms with Crippen LogP contribution >= 0.6 is 11.8 Å². The number of rotatable bonds is 1. The number of hydrogen-bond donors (Lipinski definition) is 1. The van der Waals surface area contributed by atoms with Gasteiger partial charge in [0, 0.05) is 18.7 Å². The summed E-state index contributed by atoms with van der Waals surface area (Å²) in [6.07, 6.45) is 1.14. The predicted octanol–water partition coefficient (Wildman–Crippen LogP) is 0.628. The van der Waals surface area contributed by atoms with E-state index >= 15 is 0 Å². The Bertz CT molecular complexity index is 110. The van der Waals surface area contributed by atoms with Gasteiger partial charge in [0.25, 0.3) is 0 Å². The van der Waals surface area contributed by atoms with Gasteiger partial charge in [0.05, 0.1) is 0 Å². The molecule has 0 aromatic rings. The second kappa shape index (κ2) is 3.22. The number of carbonyl (C=O) groups is 1. The van der Waals surface area contributed by atoms with E-state index in [-0.39, 0.29) is 5.12 Å². The molecule has 0 unspecified atom stereocenters. The molecule has 1 atom stereocenters. The molecule has 9 heavy (non-hydrogen) atoms. The van der Waals surface area contributed by atoms with E-state index in [0.717, 1.165) is 19.5 Å². The van der Waals surface area contributed by atoms with Crippen LogP contribution in [0.25, 0.3) is 0 Å². The van der Waals surface area contributed by atoms with E-state index in [2.05, 4.69) is 5.32 Å². The second-order valence-electron chi connectivity index (χ2n) is 2.22. The van der Waals surface area contributed by atoms with Crippen molar-refractivity contribution in [2.75, 3.05) is 13.1 Å². The van der Waals surface area contributed by atoms with Gasteiger partial charge in [-0.2, -0.15) is 0 Å². The first-order valence-electron chi connectivity index (χ1n) is 3.17. The third-order valence-electron chi connectivity index (χ3n) is 1.35. The molecular weight excluding hydrogens is 134 g/mol. The quantitative estimate of drug-likeness (QED) is 0.586. The summed E-state index contributed by atoms with van der Waals surface area (Å²) >= 11 is 1.46. The van der Waals surface area contributed by atoms with Crippen LogP contribution < -0.4 is 5.32 Å². The van der Waals surface area contributed by atoms with Gasteiger partial charge in [0.2, 0.25) is 0 Å². The molecule has 0 aliphatic carbocycles. The van der Waals surface area contributed by atoms with Crippen LogP contribution in [-0.2, 0) is 4.79 Å². The highest BCUT2D eigenvalue weighted by Crippen LogP contribution is 2.17. The Morgan fingerprint density at radius 1 is 1.78 bits per heavy atom. The summed E-state index contributed by atoms with van der Waals surface area (Å²) in [5, 5.41) is 3.99. The Hall–Kier alpha value is -0.0200. The molecular formula is C6H11NOS. The fourth-order valence-corrected chi connectivity index (χ4v) is 1.87. The summed E-state index contributed by atoms with van der Waals surface area (Å²) in [5.74, 6) is 0. The van der Waals surface area contributed by atoms with Gasteiger partial charge in [0.15, 0.2) is 5.12 Å². The Kier molecular flexibility index (Phi) is 2.54. The molecule has 0 aromatic heterocycles. The van der Waals surface area contributed by atoms with Crippen LogP contribution in [0, 0.1) is 0 Å². The molecule has 0 amide bonds. The zero-order valence-electron chi connectivity index (χ0n) is 5.52. The molecule has 0 bridgehead atoms. The zero-order chi connectivity index (χ0) is 6.69. The summed E-state index contributed by atoms with van der Waals surface area (Å²) in [6, 6.07) is 0. The molecule has 1 N–H and O–H groups in total. The largest absolute Gasteiger partial charge is 0.316 e. The summed E-state index contributed by atoms with van der Waals surface area (Å²) in [4.78, 5) is 10.5. The minimum Gasteiger partial charge on any atom is -0.316 e. The smallest absolute Gasteiger partial charge is 0.186 e. The van der Waals surface area contributed by atoms with Gasteiger partial charge in [0.1, 0.15) is 0 Å². The lowest BCUT2D eigenvalue weighted by molar-refractivity contribution is -0.109. The molecule has 0 aromatic carbocycles. The first kappa shape index (κ1) is 7.09. The average Bonchev–Trinajstić information content (AvgIpc) is 2.15. The number of hydrogen-bond acceptors (Lipinski definition) is 3. The molecule has 3 heteroatoms. The van der Waals surface area contributed by atoms with Crippen molar-refractivity contribution in [1.29, 1.82) is 0 Å². The highest BCUT2D eigenvalue weighted by atomic mass is 32.2. The molecule has 1 fully saturated rings. The van der Waals surface area contributed by atoms with Crippen LogP contribution in [0.3, 0.4) is 0 Å². The number of thioether (sulfide) groups is 1. The summed E-state index contributed by atoms with van der Waals surface area (Å²) in [7, 11) is 0. The molecule has 1 rings (SSSR count). The van der Waals surface area contributed by atoms with Crippen molar-refractivity contribution in [3.63, 3.8) is 0 Å². The fourth-order valence-electron chi connectivity index (χ4n) is 0.963. The van der Waals surface area contributed by atoms with Crippen LogP contribution in [-0.4, -0.2) is 23.5 Å². The highest BCUT2D eigenvalue weighted by Gasteiger charge is 2.15. The Balaban J connectivity index is 2.19. The van der Waals surface area contributed by atoms with Crippen LogP contribution in [0.1, 0.15) is 13.3 Å². The van der Waals surface area contributed by atoms with Gasteiger partial charge >= 0.3 is 0 Å². The van der Waals surface area contributed by atoms with E-state index in [4.69, 9.17) is 0 Å². The van der Waals surface area contributed by atoms with Crippen molar-refractivity contribution < 1.29 is 4.79 Å². The summed E-state index contributed by atoms with van der Waals surface area (Å²) in [6.45, 7) is 3.71. The first-order chi connectivity index (χ1) is 4.29. The van der Waals surface area contributed by atoms with E-state index < -0.39 is 0 Å². The molecule has 2 nitrogen and oxygen atoms in total. The van der Waals surface area contributed by atoms with Crippen molar-refractivity contribution in [2.24, 2.45) is 0 Å². The van der Waals surface area contributed by atoms with Gasteiger partial charge < -0.3 is 5.32 Å². The molecule has 0 radical (unpaired) electrons. The molecule has 1 aliphatic rings. The average molecular weight is 145 g/mol. The maximum Gasteiger partial charge on any atom is 0.186 e. The van der Waals surface area contributed by atoms with Gasteiger partial charge in [-0.25, -0.2) is 0 Å². The Labute approximate surface area is 59.4 Å². The first-order valence-corrected chi connectivity index (χ1v) is 4.05. The van der Waals surface area contributed by atoms with E-state index in [1.165, 1.54) is 11.8 Å². The lowest BCUT2D eigenvalue weighted by Gasteiger charge is -2.01. The maximum atomic E-state index is 10.5. The lowest BCUT2D eigenvalue weighted by atomic mass is 10.4. The third kappa shape index (κ3) is 2.37. The number of nitrogens with one attached hydrogen (secondary N) is 1. The monoisotopic (exact) mass is 145 g/mol. The highest BCUT2D eigenvalue weighted by molar-refractivity contribution is 8.14. The van der Waals surface area contributed by atoms with Crippen molar-refractivity contribution >= 4 is 16.9 Å².